The molecule has 1 fully saturated rings. The molecule has 1 unspecified atom stereocenters. The van der Waals surface area contributed by atoms with Crippen LogP contribution in [0.3, 0.4) is 0 Å². The number of carbonyl (C=O) groups is 2. The Hall–Kier alpha value is -2.06. The van der Waals surface area contributed by atoms with Crippen molar-refractivity contribution in [2.24, 2.45) is 5.92 Å². The van der Waals surface area contributed by atoms with Crippen LogP contribution < -0.4 is 9.47 Å². The van der Waals surface area contributed by atoms with Crippen LogP contribution in [0.4, 0.5) is 0 Å². The van der Waals surface area contributed by atoms with Gasteiger partial charge in [0.1, 0.15) is 10.4 Å². The lowest BCUT2D eigenvalue weighted by Gasteiger charge is -2.26. The van der Waals surface area contributed by atoms with Gasteiger partial charge in [0.2, 0.25) is 0 Å². The summed E-state index contributed by atoms with van der Waals surface area (Å²) in [5.41, 5.74) is 0.766. The summed E-state index contributed by atoms with van der Waals surface area (Å²) in [5, 5.41) is 9.57. The fourth-order valence-electron chi connectivity index (χ4n) is 3.63. The highest BCUT2D eigenvalue weighted by Crippen LogP contribution is 2.37. The second kappa shape index (κ2) is 13.6. The molecule has 1 aromatic carbocycles. The van der Waals surface area contributed by atoms with E-state index < -0.39 is 12.0 Å². The number of ether oxygens (including phenoxy) is 2. The molecule has 1 aromatic rings. The van der Waals surface area contributed by atoms with Crippen LogP contribution in [0.25, 0.3) is 6.08 Å². The first-order valence-corrected chi connectivity index (χ1v) is 12.9. The Bertz CT molecular complexity index is 868. The summed E-state index contributed by atoms with van der Waals surface area (Å²) < 4.78 is 12.0. The number of thiocarbonyl (C=S) groups is 1. The van der Waals surface area contributed by atoms with Gasteiger partial charge in [-0.2, -0.15) is 0 Å². The topological polar surface area (TPSA) is 76.1 Å². The average molecular weight is 494 g/mol. The molecule has 1 amide bonds. The van der Waals surface area contributed by atoms with Crippen LogP contribution in [0, 0.1) is 5.92 Å². The van der Waals surface area contributed by atoms with E-state index in [1.54, 1.807) is 19.9 Å². The molecule has 0 spiro atoms. The normalized spacial score (nSPS) is 16.0. The fourth-order valence-corrected chi connectivity index (χ4v) is 4.96. The number of hydrogen-bond donors (Lipinski definition) is 1. The van der Waals surface area contributed by atoms with Gasteiger partial charge >= 0.3 is 5.97 Å². The minimum atomic E-state index is -1.06. The zero-order chi connectivity index (χ0) is 24.4. The van der Waals surface area contributed by atoms with Crippen LogP contribution in [-0.2, 0) is 9.59 Å². The van der Waals surface area contributed by atoms with Crippen LogP contribution >= 0.6 is 24.0 Å². The van der Waals surface area contributed by atoms with Gasteiger partial charge in [-0.3, -0.25) is 9.69 Å². The highest BCUT2D eigenvalue weighted by molar-refractivity contribution is 8.26. The van der Waals surface area contributed by atoms with Crippen molar-refractivity contribution in [3.8, 4) is 11.5 Å². The highest BCUT2D eigenvalue weighted by atomic mass is 32.2. The molecule has 182 valence electrons. The largest absolute Gasteiger partial charge is 0.490 e. The van der Waals surface area contributed by atoms with E-state index in [1.165, 1.54) is 30.6 Å². The molecule has 1 aliphatic rings. The van der Waals surface area contributed by atoms with Crippen molar-refractivity contribution in [2.75, 3.05) is 13.2 Å². The molecule has 0 bridgehead atoms. The summed E-state index contributed by atoms with van der Waals surface area (Å²) in [4.78, 5) is 26.3. The molecule has 1 aliphatic heterocycles. The minimum absolute atomic E-state index is 0.260. The smallest absolute Gasteiger partial charge is 0.327 e. The molecule has 6 nitrogen and oxygen atoms in total. The van der Waals surface area contributed by atoms with Gasteiger partial charge in [-0.1, -0.05) is 82.9 Å². The number of hydrogen-bond acceptors (Lipinski definition) is 6. The second-order valence-corrected chi connectivity index (χ2v) is 10.0. The minimum Gasteiger partial charge on any atom is -0.490 e. The number of carboxylic acid groups (broad SMARTS) is 1. The van der Waals surface area contributed by atoms with Crippen molar-refractivity contribution in [3.05, 3.63) is 28.7 Å². The second-order valence-electron chi connectivity index (χ2n) is 8.33. The predicted octanol–water partition coefficient (Wildman–Crippen LogP) is 6.14. The SMILES string of the molecule is CCCCCCCCOc1ccc(/C=C2/SC(=S)N(C(C(=O)O)C(C)C)C2=O)cc1OCC. The molecule has 1 heterocycles. The molecule has 33 heavy (non-hydrogen) atoms. The van der Waals surface area contributed by atoms with Gasteiger partial charge in [-0.05, 0) is 43.0 Å². The Morgan fingerprint density at radius 1 is 1.12 bits per heavy atom. The van der Waals surface area contributed by atoms with Crippen molar-refractivity contribution in [1.82, 2.24) is 4.90 Å². The molecule has 1 atom stereocenters. The number of carboxylic acids is 1. The summed E-state index contributed by atoms with van der Waals surface area (Å²) in [6.45, 7) is 8.78. The first kappa shape index (κ1) is 27.2. The third-order valence-corrected chi connectivity index (χ3v) is 6.64. The number of benzene rings is 1. The van der Waals surface area contributed by atoms with Crippen molar-refractivity contribution in [3.63, 3.8) is 0 Å². The highest BCUT2D eigenvalue weighted by Gasteiger charge is 2.41. The van der Waals surface area contributed by atoms with Gasteiger partial charge in [0.25, 0.3) is 5.91 Å². The number of unbranched alkanes of at least 4 members (excludes halogenated alkanes) is 5. The van der Waals surface area contributed by atoms with Crippen LogP contribution in [-0.4, -0.2) is 45.5 Å². The summed E-state index contributed by atoms with van der Waals surface area (Å²) in [6.07, 6.45) is 8.89. The quantitative estimate of drug-likeness (QED) is 0.190. The van der Waals surface area contributed by atoms with E-state index in [9.17, 15) is 14.7 Å². The lowest BCUT2D eigenvalue weighted by molar-refractivity contribution is -0.146. The molecular formula is C25H35NO5S2. The first-order chi connectivity index (χ1) is 15.8. The molecule has 1 saturated heterocycles. The number of carbonyl (C=O) groups excluding carboxylic acids is 1. The molecular weight excluding hydrogens is 458 g/mol. The maximum absolute atomic E-state index is 12.9. The van der Waals surface area contributed by atoms with E-state index in [4.69, 9.17) is 21.7 Å². The van der Waals surface area contributed by atoms with Gasteiger partial charge in [0, 0.05) is 0 Å². The maximum Gasteiger partial charge on any atom is 0.327 e. The first-order valence-electron chi connectivity index (χ1n) is 11.7. The summed E-state index contributed by atoms with van der Waals surface area (Å²) in [7, 11) is 0. The molecule has 8 heteroatoms. The number of thioether (sulfide) groups is 1. The fraction of sp³-hybridized carbons (Fsp3) is 0.560. The van der Waals surface area contributed by atoms with E-state index in [-0.39, 0.29) is 16.1 Å². The molecule has 0 saturated carbocycles. The maximum atomic E-state index is 12.9. The number of rotatable bonds is 14. The Kier molecular flexibility index (Phi) is 11.2. The lowest BCUT2D eigenvalue weighted by Crippen LogP contribution is -2.47. The van der Waals surface area contributed by atoms with E-state index >= 15 is 0 Å². The van der Waals surface area contributed by atoms with Gasteiger partial charge in [-0.15, -0.1) is 0 Å². The van der Waals surface area contributed by atoms with Crippen LogP contribution in [0.2, 0.25) is 0 Å². The monoisotopic (exact) mass is 493 g/mol. The molecule has 2 rings (SSSR count). The van der Waals surface area contributed by atoms with E-state index in [1.807, 2.05) is 25.1 Å². The van der Waals surface area contributed by atoms with Crippen molar-refractivity contribution < 1.29 is 24.2 Å². The van der Waals surface area contributed by atoms with Crippen LogP contribution in [0.5, 0.6) is 11.5 Å². The van der Waals surface area contributed by atoms with Crippen LogP contribution in [0.1, 0.15) is 71.8 Å². The zero-order valence-electron chi connectivity index (χ0n) is 20.0. The standard InChI is InChI=1S/C25H35NO5S2/c1-5-7-8-9-10-11-14-31-19-13-12-18(15-20(19)30-6-2)16-21-23(27)26(25(32)33-21)22(17(3)4)24(28)29/h12-13,15-17,22H,5-11,14H2,1-4H3,(H,28,29)/b21-16+. The van der Waals surface area contributed by atoms with Gasteiger partial charge in [0.15, 0.2) is 11.5 Å². The third-order valence-electron chi connectivity index (χ3n) is 5.31. The lowest BCUT2D eigenvalue weighted by atomic mass is 10.0. The number of amides is 1. The Morgan fingerprint density at radius 2 is 1.82 bits per heavy atom. The van der Waals surface area contributed by atoms with Gasteiger partial charge < -0.3 is 14.6 Å². The summed E-state index contributed by atoms with van der Waals surface area (Å²) in [5.74, 6) is -0.406. The Morgan fingerprint density at radius 3 is 2.45 bits per heavy atom. The molecule has 0 radical (unpaired) electrons. The third kappa shape index (κ3) is 7.74. The van der Waals surface area contributed by atoms with Crippen LogP contribution in [0.15, 0.2) is 23.1 Å². The zero-order valence-corrected chi connectivity index (χ0v) is 21.6. The average Bonchev–Trinajstić information content (AvgIpc) is 3.02. The van der Waals surface area contributed by atoms with Crippen molar-refractivity contribution in [1.29, 1.82) is 0 Å². The number of nitrogens with zero attached hydrogens (tertiary/aromatic N) is 1. The molecule has 0 aromatic heterocycles. The summed E-state index contributed by atoms with van der Waals surface area (Å²) in [6, 6.07) is 4.56. The van der Waals surface area contributed by atoms with Gasteiger partial charge in [-0.25, -0.2) is 4.79 Å². The van der Waals surface area contributed by atoms with Gasteiger partial charge in [0.05, 0.1) is 18.1 Å². The predicted molar refractivity (Wildman–Crippen MR) is 138 cm³/mol. The molecule has 1 N–H and O–H groups in total. The Balaban J connectivity index is 2.11. The van der Waals surface area contributed by atoms with Crippen molar-refractivity contribution in [2.45, 2.75) is 72.3 Å². The van der Waals surface area contributed by atoms with E-state index in [0.29, 0.717) is 29.6 Å². The van der Waals surface area contributed by atoms with E-state index in [2.05, 4.69) is 6.92 Å². The molecule has 0 aliphatic carbocycles. The van der Waals surface area contributed by atoms with Crippen molar-refractivity contribution >= 4 is 46.3 Å². The van der Waals surface area contributed by atoms with E-state index in [0.717, 1.165) is 30.2 Å². The number of aliphatic carboxylic acids is 1. The Labute approximate surface area is 206 Å². The summed E-state index contributed by atoms with van der Waals surface area (Å²) >= 11 is 6.45.